The van der Waals surface area contributed by atoms with Crippen LogP contribution in [0.1, 0.15) is 37.9 Å². The number of guanidine groups is 1. The Morgan fingerprint density at radius 2 is 2.04 bits per heavy atom. The molecule has 4 N–H and O–H groups in total. The van der Waals surface area contributed by atoms with Gasteiger partial charge in [0.15, 0.2) is 5.96 Å². The van der Waals surface area contributed by atoms with Crippen LogP contribution in [0.4, 0.5) is 0 Å². The van der Waals surface area contributed by atoms with E-state index in [-0.39, 0.29) is 11.8 Å². The number of hydrogen-bond acceptors (Lipinski definition) is 5. The van der Waals surface area contributed by atoms with Crippen LogP contribution < -0.4 is 16.4 Å². The van der Waals surface area contributed by atoms with Crippen molar-refractivity contribution in [3.63, 3.8) is 0 Å². The molecule has 0 bridgehead atoms. The second-order valence-electron chi connectivity index (χ2n) is 7.14. The molecule has 1 aromatic rings. The number of carbonyl (C=O) groups is 1. The number of furan rings is 1. The van der Waals surface area contributed by atoms with Crippen LogP contribution in [0.5, 0.6) is 0 Å². The number of unbranched alkanes of at least 4 members (excludes halogenated alkanes) is 1. The lowest BCUT2D eigenvalue weighted by molar-refractivity contribution is -0.123. The number of piperidine rings is 1. The molecule has 1 aromatic heterocycles. The van der Waals surface area contributed by atoms with Gasteiger partial charge in [0.05, 0.1) is 6.26 Å². The van der Waals surface area contributed by atoms with Crippen molar-refractivity contribution in [2.24, 2.45) is 16.6 Å². The van der Waals surface area contributed by atoms with Gasteiger partial charge >= 0.3 is 0 Å². The predicted molar refractivity (Wildman–Crippen MR) is 110 cm³/mol. The van der Waals surface area contributed by atoms with Crippen LogP contribution in [0.15, 0.2) is 27.8 Å². The van der Waals surface area contributed by atoms with Gasteiger partial charge in [0, 0.05) is 32.7 Å². The number of likely N-dealkylation sites (tertiary alicyclic amines) is 1. The smallest absolute Gasteiger partial charge is 0.220 e. The summed E-state index contributed by atoms with van der Waals surface area (Å²) in [6, 6.07) is 3.77. The lowest BCUT2D eigenvalue weighted by Crippen LogP contribution is -2.40. The number of amides is 1. The monoisotopic (exact) mass is 393 g/mol. The second-order valence-corrected chi connectivity index (χ2v) is 7.14. The van der Waals surface area contributed by atoms with Gasteiger partial charge in [-0.1, -0.05) is 0 Å². The molecule has 1 aliphatic heterocycles. The predicted octanol–water partition coefficient (Wildman–Crippen LogP) is 1.33. The standard InChI is InChI=1S/C20H35N5O3/c1-22-20(24-10-5-14-27-16-18-6-4-15-28-18)23-9-2-3-11-25-12-7-17(8-13-25)19(21)26/h4,6,15,17H,2-3,5,7-14,16H2,1H3,(H2,21,26)(H2,22,23,24). The number of nitrogens with one attached hydrogen (secondary N) is 2. The van der Waals surface area contributed by atoms with E-state index >= 15 is 0 Å². The molecule has 1 amide bonds. The molecule has 0 saturated carbocycles. The normalized spacial score (nSPS) is 16.2. The first kappa shape index (κ1) is 22.2. The largest absolute Gasteiger partial charge is 0.467 e. The van der Waals surface area contributed by atoms with Gasteiger partial charge in [0.2, 0.25) is 5.91 Å². The third-order valence-corrected chi connectivity index (χ3v) is 4.99. The summed E-state index contributed by atoms with van der Waals surface area (Å²) >= 11 is 0. The highest BCUT2D eigenvalue weighted by Gasteiger charge is 2.22. The summed E-state index contributed by atoms with van der Waals surface area (Å²) in [5, 5.41) is 6.65. The van der Waals surface area contributed by atoms with Crippen molar-refractivity contribution >= 4 is 11.9 Å². The van der Waals surface area contributed by atoms with Crippen molar-refractivity contribution in [1.82, 2.24) is 15.5 Å². The van der Waals surface area contributed by atoms with Gasteiger partial charge in [0.25, 0.3) is 0 Å². The van der Waals surface area contributed by atoms with E-state index in [0.717, 1.165) is 76.5 Å². The Morgan fingerprint density at radius 1 is 1.29 bits per heavy atom. The van der Waals surface area contributed by atoms with E-state index in [9.17, 15) is 4.79 Å². The van der Waals surface area contributed by atoms with Crippen LogP contribution in [-0.2, 0) is 16.1 Å². The molecule has 0 spiro atoms. The number of rotatable bonds is 12. The highest BCUT2D eigenvalue weighted by atomic mass is 16.5. The second kappa shape index (κ2) is 13.2. The first-order valence-electron chi connectivity index (χ1n) is 10.3. The van der Waals surface area contributed by atoms with Crippen LogP contribution in [0, 0.1) is 5.92 Å². The maximum Gasteiger partial charge on any atom is 0.220 e. The zero-order valence-electron chi connectivity index (χ0n) is 17.0. The summed E-state index contributed by atoms with van der Waals surface area (Å²) in [5.41, 5.74) is 5.38. The first-order valence-corrected chi connectivity index (χ1v) is 10.3. The molecular weight excluding hydrogens is 358 g/mol. The molecular formula is C20H35N5O3. The minimum Gasteiger partial charge on any atom is -0.467 e. The first-order chi connectivity index (χ1) is 13.7. The molecule has 1 aliphatic rings. The van der Waals surface area contributed by atoms with E-state index in [1.54, 1.807) is 13.3 Å². The lowest BCUT2D eigenvalue weighted by Gasteiger charge is -2.30. The van der Waals surface area contributed by atoms with Gasteiger partial charge in [-0.15, -0.1) is 0 Å². The van der Waals surface area contributed by atoms with E-state index in [0.29, 0.717) is 13.2 Å². The number of aliphatic imine (C=N–C) groups is 1. The summed E-state index contributed by atoms with van der Waals surface area (Å²) < 4.78 is 10.8. The summed E-state index contributed by atoms with van der Waals surface area (Å²) in [6.07, 6.45) is 6.57. The van der Waals surface area contributed by atoms with E-state index in [1.165, 1.54) is 0 Å². The zero-order valence-corrected chi connectivity index (χ0v) is 17.0. The molecule has 8 heteroatoms. The SMILES string of the molecule is CN=C(NCCCCN1CCC(C(N)=O)CC1)NCCCOCc1ccco1. The minimum absolute atomic E-state index is 0.0721. The summed E-state index contributed by atoms with van der Waals surface area (Å²) in [7, 11) is 1.78. The van der Waals surface area contributed by atoms with Crippen molar-refractivity contribution in [3.05, 3.63) is 24.2 Å². The number of nitrogens with two attached hydrogens (primary N) is 1. The fraction of sp³-hybridized carbons (Fsp3) is 0.700. The molecule has 0 aromatic carbocycles. The Morgan fingerprint density at radius 3 is 2.68 bits per heavy atom. The number of ether oxygens (including phenoxy) is 1. The highest BCUT2D eigenvalue weighted by Crippen LogP contribution is 2.16. The molecule has 0 unspecified atom stereocenters. The highest BCUT2D eigenvalue weighted by molar-refractivity contribution is 5.79. The van der Waals surface area contributed by atoms with Crippen molar-refractivity contribution in [2.45, 2.75) is 38.7 Å². The summed E-state index contributed by atoms with van der Waals surface area (Å²) in [4.78, 5) is 17.9. The van der Waals surface area contributed by atoms with Crippen molar-refractivity contribution in [1.29, 1.82) is 0 Å². The van der Waals surface area contributed by atoms with Gasteiger partial charge in [-0.05, 0) is 63.9 Å². The van der Waals surface area contributed by atoms with E-state index < -0.39 is 0 Å². The Hall–Kier alpha value is -2.06. The fourth-order valence-corrected chi connectivity index (χ4v) is 3.28. The molecule has 2 heterocycles. The summed E-state index contributed by atoms with van der Waals surface area (Å²) in [5.74, 6) is 1.60. The van der Waals surface area contributed by atoms with Gasteiger partial charge < -0.3 is 30.4 Å². The van der Waals surface area contributed by atoms with Crippen LogP contribution in [0.25, 0.3) is 0 Å². The Balaban J connectivity index is 1.42. The van der Waals surface area contributed by atoms with Gasteiger partial charge in [-0.2, -0.15) is 0 Å². The van der Waals surface area contributed by atoms with Crippen molar-refractivity contribution in [3.8, 4) is 0 Å². The lowest BCUT2D eigenvalue weighted by atomic mass is 9.96. The van der Waals surface area contributed by atoms with E-state index in [1.807, 2.05) is 12.1 Å². The molecule has 158 valence electrons. The number of carbonyl (C=O) groups excluding carboxylic acids is 1. The van der Waals surface area contributed by atoms with Crippen LogP contribution in [0.3, 0.4) is 0 Å². The molecule has 0 aliphatic carbocycles. The average molecular weight is 394 g/mol. The van der Waals surface area contributed by atoms with Crippen molar-refractivity contribution < 1.29 is 13.9 Å². The van der Waals surface area contributed by atoms with Crippen LogP contribution >= 0.6 is 0 Å². The Kier molecular flexibility index (Phi) is 10.5. The molecule has 2 rings (SSSR count). The maximum absolute atomic E-state index is 11.2. The Labute approximate surface area is 167 Å². The third-order valence-electron chi connectivity index (χ3n) is 4.99. The molecule has 1 fully saturated rings. The zero-order chi connectivity index (χ0) is 20.0. The fourth-order valence-electron chi connectivity index (χ4n) is 3.28. The average Bonchev–Trinajstić information content (AvgIpc) is 3.22. The van der Waals surface area contributed by atoms with Crippen molar-refractivity contribution in [2.75, 3.05) is 46.4 Å². The van der Waals surface area contributed by atoms with Crippen LogP contribution in [-0.4, -0.2) is 63.1 Å². The molecule has 8 nitrogen and oxygen atoms in total. The summed E-state index contributed by atoms with van der Waals surface area (Å²) in [6.45, 7) is 5.93. The number of nitrogens with zero attached hydrogens (tertiary/aromatic N) is 2. The maximum atomic E-state index is 11.2. The molecule has 1 saturated heterocycles. The molecule has 0 radical (unpaired) electrons. The molecule has 28 heavy (non-hydrogen) atoms. The van der Waals surface area contributed by atoms with Crippen LogP contribution in [0.2, 0.25) is 0 Å². The van der Waals surface area contributed by atoms with E-state index in [4.69, 9.17) is 14.9 Å². The number of hydrogen-bond donors (Lipinski definition) is 3. The topological polar surface area (TPSA) is 105 Å². The minimum atomic E-state index is -0.146. The van der Waals surface area contributed by atoms with Gasteiger partial charge in [-0.25, -0.2) is 0 Å². The number of primary amides is 1. The molecule has 0 atom stereocenters. The van der Waals surface area contributed by atoms with E-state index in [2.05, 4.69) is 20.5 Å². The quantitative estimate of drug-likeness (QED) is 0.281. The van der Waals surface area contributed by atoms with Gasteiger partial charge in [-0.3, -0.25) is 9.79 Å². The Bertz CT molecular complexity index is 568. The van der Waals surface area contributed by atoms with Gasteiger partial charge in [0.1, 0.15) is 12.4 Å². The third kappa shape index (κ3) is 8.75.